The number of ketones is 2. The van der Waals surface area contributed by atoms with Crippen LogP contribution in [0.1, 0.15) is 49.4 Å². The summed E-state index contributed by atoms with van der Waals surface area (Å²) in [4.78, 5) is 26.4. The van der Waals surface area contributed by atoms with E-state index in [9.17, 15) is 19.8 Å². The van der Waals surface area contributed by atoms with Gasteiger partial charge in [-0.3, -0.25) is 9.59 Å². The number of ether oxygens (including phenoxy) is 2. The maximum Gasteiger partial charge on any atom is 0.202 e. The summed E-state index contributed by atoms with van der Waals surface area (Å²) in [6.45, 7) is 0.183. The summed E-state index contributed by atoms with van der Waals surface area (Å²) in [5.41, 5.74) is 1.16. The van der Waals surface area contributed by atoms with Crippen LogP contribution in [0.25, 0.3) is 0 Å². The lowest BCUT2D eigenvalue weighted by Gasteiger charge is -2.30. The van der Waals surface area contributed by atoms with E-state index in [2.05, 4.69) is 0 Å². The van der Waals surface area contributed by atoms with Crippen molar-refractivity contribution in [3.63, 3.8) is 0 Å². The highest BCUT2D eigenvalue weighted by Gasteiger charge is 2.40. The summed E-state index contributed by atoms with van der Waals surface area (Å²) in [5.74, 6) is -1.53. The molecule has 0 aliphatic heterocycles. The Hall–Kier alpha value is -3.19. The molecule has 1 atom stereocenters. The predicted molar refractivity (Wildman–Crippen MR) is 105 cm³/mol. The fraction of sp³-hybridized carbons (Fsp3) is 0.318. The Morgan fingerprint density at radius 2 is 1.76 bits per heavy atom. The second-order valence-corrected chi connectivity index (χ2v) is 7.34. The van der Waals surface area contributed by atoms with Crippen LogP contribution in [0.5, 0.6) is 17.2 Å². The highest BCUT2D eigenvalue weighted by atomic mass is 16.5. The van der Waals surface area contributed by atoms with E-state index < -0.39 is 11.6 Å². The van der Waals surface area contributed by atoms with E-state index in [0.29, 0.717) is 36.1 Å². The molecule has 7 heteroatoms. The molecule has 0 fully saturated rings. The van der Waals surface area contributed by atoms with Gasteiger partial charge < -0.3 is 25.1 Å². The number of rotatable bonds is 4. The third kappa shape index (κ3) is 2.73. The smallest absolute Gasteiger partial charge is 0.202 e. The molecule has 0 radical (unpaired) electrons. The maximum absolute atomic E-state index is 13.2. The molecule has 0 amide bonds. The lowest BCUT2D eigenvalue weighted by Crippen LogP contribution is -2.28. The molecular formula is C22H21NO6. The Labute approximate surface area is 167 Å². The van der Waals surface area contributed by atoms with Gasteiger partial charge in [-0.15, -0.1) is 0 Å². The first kappa shape index (κ1) is 19.1. The summed E-state index contributed by atoms with van der Waals surface area (Å²) >= 11 is 0. The van der Waals surface area contributed by atoms with Crippen molar-refractivity contribution in [3.8, 4) is 17.2 Å². The Bertz CT molecular complexity index is 1070. The van der Waals surface area contributed by atoms with Crippen LogP contribution in [0.3, 0.4) is 0 Å². The number of methoxy groups -OCH3 is 2. The first-order chi connectivity index (χ1) is 13.9. The van der Waals surface area contributed by atoms with Crippen LogP contribution in [0.4, 0.5) is 0 Å². The molecule has 3 N–H and O–H groups in total. The standard InChI is InChI=1S/C22H21NO6/c1-28-9-14(23)10-6-7-11-13(8-10)21(26)17-18(19(11)24)22(27)16-12(20(17)25)4-3-5-15(16)29-2/h3-5,10,23-24,26H,6-9H2,1-2H3/t10-/m0/s1. The molecule has 0 unspecified atom stereocenters. The molecule has 0 bridgehead atoms. The number of aromatic hydroxyl groups is 2. The van der Waals surface area contributed by atoms with Gasteiger partial charge in [0.15, 0.2) is 5.78 Å². The van der Waals surface area contributed by atoms with Gasteiger partial charge in [-0.05, 0) is 25.3 Å². The number of carbonyl (C=O) groups excluding carboxylic acids is 2. The van der Waals surface area contributed by atoms with Crippen molar-refractivity contribution in [3.05, 3.63) is 51.6 Å². The van der Waals surface area contributed by atoms with E-state index in [-0.39, 0.29) is 52.0 Å². The van der Waals surface area contributed by atoms with Crippen LogP contribution in [-0.2, 0) is 17.6 Å². The number of nitrogens with one attached hydrogen (secondary N) is 1. The van der Waals surface area contributed by atoms with E-state index in [1.54, 1.807) is 12.1 Å². The van der Waals surface area contributed by atoms with Crippen molar-refractivity contribution in [1.29, 1.82) is 5.41 Å². The molecule has 0 saturated heterocycles. The Morgan fingerprint density at radius 3 is 2.45 bits per heavy atom. The van der Waals surface area contributed by atoms with Crippen LogP contribution < -0.4 is 4.74 Å². The monoisotopic (exact) mass is 395 g/mol. The summed E-state index contributed by atoms with van der Waals surface area (Å²) < 4.78 is 10.3. The van der Waals surface area contributed by atoms with E-state index in [0.717, 1.165) is 0 Å². The second-order valence-electron chi connectivity index (χ2n) is 7.34. The summed E-state index contributed by atoms with van der Waals surface area (Å²) in [6.07, 6.45) is 1.28. The molecule has 2 aliphatic rings. The van der Waals surface area contributed by atoms with E-state index in [1.807, 2.05) is 0 Å². The maximum atomic E-state index is 13.2. The van der Waals surface area contributed by atoms with Gasteiger partial charge in [0.2, 0.25) is 5.78 Å². The van der Waals surface area contributed by atoms with Crippen LogP contribution in [0, 0.1) is 11.3 Å². The predicted octanol–water partition coefficient (Wildman–Crippen LogP) is 2.65. The molecule has 7 nitrogen and oxygen atoms in total. The third-order valence-electron chi connectivity index (χ3n) is 5.82. The zero-order valence-electron chi connectivity index (χ0n) is 16.2. The van der Waals surface area contributed by atoms with Crippen LogP contribution in [-0.4, -0.2) is 48.3 Å². The first-order valence-corrected chi connectivity index (χ1v) is 9.32. The Kier molecular flexibility index (Phi) is 4.62. The van der Waals surface area contributed by atoms with E-state index >= 15 is 0 Å². The van der Waals surface area contributed by atoms with Crippen LogP contribution >= 0.6 is 0 Å². The average molecular weight is 395 g/mol. The van der Waals surface area contributed by atoms with Gasteiger partial charge in [0.25, 0.3) is 0 Å². The molecule has 2 aromatic carbocycles. The molecule has 0 aromatic heterocycles. The van der Waals surface area contributed by atoms with E-state index in [4.69, 9.17) is 14.9 Å². The zero-order valence-corrected chi connectivity index (χ0v) is 16.2. The van der Waals surface area contributed by atoms with Crippen molar-refractivity contribution < 1.29 is 29.3 Å². The van der Waals surface area contributed by atoms with Gasteiger partial charge in [-0.1, -0.05) is 12.1 Å². The third-order valence-corrected chi connectivity index (χ3v) is 5.82. The number of hydrogen-bond acceptors (Lipinski definition) is 7. The fourth-order valence-corrected chi connectivity index (χ4v) is 4.38. The molecule has 0 spiro atoms. The summed E-state index contributed by atoms with van der Waals surface area (Å²) in [6, 6.07) is 4.69. The van der Waals surface area contributed by atoms with Crippen molar-refractivity contribution in [2.45, 2.75) is 19.3 Å². The average Bonchev–Trinajstić information content (AvgIpc) is 2.73. The highest BCUT2D eigenvalue weighted by molar-refractivity contribution is 6.31. The van der Waals surface area contributed by atoms with E-state index in [1.165, 1.54) is 20.3 Å². The van der Waals surface area contributed by atoms with Gasteiger partial charge in [0, 0.05) is 35.4 Å². The topological polar surface area (TPSA) is 117 Å². The highest BCUT2D eigenvalue weighted by Crippen LogP contribution is 2.47. The quantitative estimate of drug-likeness (QED) is 0.462. The second kappa shape index (κ2) is 7.00. The van der Waals surface area contributed by atoms with Crippen molar-refractivity contribution >= 4 is 17.3 Å². The fourth-order valence-electron chi connectivity index (χ4n) is 4.38. The van der Waals surface area contributed by atoms with Crippen LogP contribution in [0.2, 0.25) is 0 Å². The minimum atomic E-state index is -0.545. The van der Waals surface area contributed by atoms with Gasteiger partial charge in [-0.25, -0.2) is 0 Å². The van der Waals surface area contributed by atoms with Gasteiger partial charge >= 0.3 is 0 Å². The SMILES string of the molecule is COCC(=N)[C@H]1CCc2c(O)c3c(c(O)c2C1)C(=O)c1cccc(OC)c1C3=O. The molecule has 0 saturated carbocycles. The Morgan fingerprint density at radius 1 is 1.07 bits per heavy atom. The Balaban J connectivity index is 1.90. The first-order valence-electron chi connectivity index (χ1n) is 9.32. The molecule has 29 heavy (non-hydrogen) atoms. The molecule has 4 rings (SSSR count). The zero-order chi connectivity index (χ0) is 20.9. The minimum absolute atomic E-state index is 0.0951. The molecule has 2 aliphatic carbocycles. The molecule has 150 valence electrons. The number of phenols is 2. The number of hydrogen-bond donors (Lipinski definition) is 3. The molecule has 0 heterocycles. The molecular weight excluding hydrogens is 374 g/mol. The minimum Gasteiger partial charge on any atom is -0.507 e. The number of fused-ring (bicyclic) bond motifs is 3. The summed E-state index contributed by atoms with van der Waals surface area (Å²) in [5, 5.41) is 30.0. The number of phenolic OH excluding ortho intramolecular Hbond substituents is 2. The van der Waals surface area contributed by atoms with Crippen molar-refractivity contribution in [2.24, 2.45) is 5.92 Å². The molecule has 2 aromatic rings. The van der Waals surface area contributed by atoms with Crippen LogP contribution in [0.15, 0.2) is 18.2 Å². The van der Waals surface area contributed by atoms with Crippen molar-refractivity contribution in [1.82, 2.24) is 0 Å². The lowest BCUT2D eigenvalue weighted by molar-refractivity contribution is 0.0971. The summed E-state index contributed by atoms with van der Waals surface area (Å²) in [7, 11) is 2.92. The van der Waals surface area contributed by atoms with Gasteiger partial charge in [-0.2, -0.15) is 0 Å². The number of benzene rings is 2. The van der Waals surface area contributed by atoms with Gasteiger partial charge in [0.05, 0.1) is 30.4 Å². The normalized spacial score (nSPS) is 17.4. The number of carbonyl (C=O) groups is 2. The largest absolute Gasteiger partial charge is 0.507 e. The lowest BCUT2D eigenvalue weighted by atomic mass is 9.74. The van der Waals surface area contributed by atoms with Gasteiger partial charge in [0.1, 0.15) is 17.2 Å². The van der Waals surface area contributed by atoms with Crippen molar-refractivity contribution in [2.75, 3.05) is 20.8 Å².